The molecule has 15 heavy (non-hydrogen) atoms. The molecular formula is C12H21N3. The van der Waals surface area contributed by atoms with E-state index >= 15 is 0 Å². The average molecular weight is 207 g/mol. The van der Waals surface area contributed by atoms with Crippen molar-refractivity contribution in [1.82, 2.24) is 5.43 Å². The van der Waals surface area contributed by atoms with Gasteiger partial charge in [-0.05, 0) is 23.6 Å². The van der Waals surface area contributed by atoms with Gasteiger partial charge in [0.2, 0.25) is 0 Å². The normalized spacial score (nSPS) is 12.9. The van der Waals surface area contributed by atoms with Crippen LogP contribution in [0.5, 0.6) is 0 Å². The number of hydrogen-bond donors (Lipinski definition) is 2. The fraction of sp³-hybridized carbons (Fsp3) is 0.500. The van der Waals surface area contributed by atoms with Gasteiger partial charge in [-0.15, -0.1) is 0 Å². The summed E-state index contributed by atoms with van der Waals surface area (Å²) in [6.07, 6.45) is 0. The third-order valence-corrected chi connectivity index (χ3v) is 2.59. The molecule has 0 radical (unpaired) electrons. The summed E-state index contributed by atoms with van der Waals surface area (Å²) < 4.78 is 0. The molecule has 3 heteroatoms. The SMILES string of the molecule is CC(C)C(NN)c1cccc(N(C)C)c1. The van der Waals surface area contributed by atoms with Crippen LogP contribution in [0.2, 0.25) is 0 Å². The Kier molecular flexibility index (Phi) is 4.12. The number of anilines is 1. The lowest BCUT2D eigenvalue weighted by molar-refractivity contribution is 0.421. The highest BCUT2D eigenvalue weighted by Crippen LogP contribution is 2.24. The Morgan fingerprint density at radius 1 is 1.27 bits per heavy atom. The van der Waals surface area contributed by atoms with Gasteiger partial charge in [-0.2, -0.15) is 0 Å². The maximum atomic E-state index is 5.57. The fourth-order valence-corrected chi connectivity index (χ4v) is 1.67. The van der Waals surface area contributed by atoms with Crippen LogP contribution in [0.4, 0.5) is 5.69 Å². The van der Waals surface area contributed by atoms with Crippen molar-refractivity contribution in [1.29, 1.82) is 0 Å². The van der Waals surface area contributed by atoms with Crippen LogP contribution in [0, 0.1) is 5.92 Å². The van der Waals surface area contributed by atoms with E-state index in [-0.39, 0.29) is 6.04 Å². The number of benzene rings is 1. The van der Waals surface area contributed by atoms with E-state index in [2.05, 4.69) is 48.4 Å². The first kappa shape index (κ1) is 12.0. The molecule has 3 N–H and O–H groups in total. The molecule has 0 fully saturated rings. The van der Waals surface area contributed by atoms with Crippen LogP contribution in [-0.4, -0.2) is 14.1 Å². The van der Waals surface area contributed by atoms with E-state index in [0.29, 0.717) is 5.92 Å². The van der Waals surface area contributed by atoms with Crippen molar-refractivity contribution in [3.63, 3.8) is 0 Å². The van der Waals surface area contributed by atoms with Gasteiger partial charge in [0.1, 0.15) is 0 Å². The number of nitrogens with one attached hydrogen (secondary N) is 1. The van der Waals surface area contributed by atoms with Crippen LogP contribution in [0.1, 0.15) is 25.5 Å². The first-order valence-electron chi connectivity index (χ1n) is 5.29. The number of nitrogens with two attached hydrogens (primary N) is 1. The Balaban J connectivity index is 2.98. The number of nitrogens with zero attached hydrogens (tertiary/aromatic N) is 1. The average Bonchev–Trinajstić information content (AvgIpc) is 2.18. The summed E-state index contributed by atoms with van der Waals surface area (Å²) in [6, 6.07) is 8.65. The zero-order valence-electron chi connectivity index (χ0n) is 9.99. The Morgan fingerprint density at radius 2 is 1.93 bits per heavy atom. The van der Waals surface area contributed by atoms with Gasteiger partial charge in [0.05, 0.1) is 0 Å². The van der Waals surface area contributed by atoms with Gasteiger partial charge in [-0.25, -0.2) is 0 Å². The number of rotatable bonds is 4. The van der Waals surface area contributed by atoms with Gasteiger partial charge >= 0.3 is 0 Å². The monoisotopic (exact) mass is 207 g/mol. The van der Waals surface area contributed by atoms with Gasteiger partial charge in [0.15, 0.2) is 0 Å². The summed E-state index contributed by atoms with van der Waals surface area (Å²) >= 11 is 0. The Labute approximate surface area is 92.2 Å². The Morgan fingerprint density at radius 3 is 2.40 bits per heavy atom. The van der Waals surface area contributed by atoms with Crippen molar-refractivity contribution in [3.05, 3.63) is 29.8 Å². The summed E-state index contributed by atoms with van der Waals surface area (Å²) in [6.45, 7) is 4.32. The zero-order chi connectivity index (χ0) is 11.4. The van der Waals surface area contributed by atoms with E-state index in [4.69, 9.17) is 5.84 Å². The first-order chi connectivity index (χ1) is 7.06. The van der Waals surface area contributed by atoms with E-state index in [1.54, 1.807) is 0 Å². The topological polar surface area (TPSA) is 41.3 Å². The largest absolute Gasteiger partial charge is 0.378 e. The van der Waals surface area contributed by atoms with Crippen molar-refractivity contribution in [2.75, 3.05) is 19.0 Å². The van der Waals surface area contributed by atoms with Crippen LogP contribution in [0.25, 0.3) is 0 Å². The van der Waals surface area contributed by atoms with Crippen LogP contribution < -0.4 is 16.2 Å². The molecular weight excluding hydrogens is 186 g/mol. The third kappa shape index (κ3) is 2.94. The molecule has 0 amide bonds. The fourth-order valence-electron chi connectivity index (χ4n) is 1.67. The molecule has 1 aromatic rings. The number of hydrogen-bond acceptors (Lipinski definition) is 3. The Hall–Kier alpha value is -1.06. The highest BCUT2D eigenvalue weighted by Gasteiger charge is 2.14. The molecule has 0 saturated carbocycles. The smallest absolute Gasteiger partial charge is 0.0483 e. The lowest BCUT2D eigenvalue weighted by Gasteiger charge is -2.22. The van der Waals surface area contributed by atoms with Crippen molar-refractivity contribution in [2.45, 2.75) is 19.9 Å². The molecule has 0 aliphatic heterocycles. The zero-order valence-corrected chi connectivity index (χ0v) is 9.99. The van der Waals surface area contributed by atoms with Crippen LogP contribution in [0.15, 0.2) is 24.3 Å². The summed E-state index contributed by atoms with van der Waals surface area (Å²) in [5, 5.41) is 0. The second-order valence-electron chi connectivity index (χ2n) is 4.38. The molecule has 0 spiro atoms. The number of hydrazine groups is 1. The summed E-state index contributed by atoms with van der Waals surface area (Å²) in [4.78, 5) is 2.09. The Bertz CT molecular complexity index is 307. The van der Waals surface area contributed by atoms with E-state index < -0.39 is 0 Å². The van der Waals surface area contributed by atoms with Crippen LogP contribution in [0.3, 0.4) is 0 Å². The van der Waals surface area contributed by atoms with E-state index in [9.17, 15) is 0 Å². The second kappa shape index (κ2) is 5.14. The molecule has 0 heterocycles. The maximum Gasteiger partial charge on any atom is 0.0483 e. The highest BCUT2D eigenvalue weighted by atomic mass is 15.2. The molecule has 0 aromatic heterocycles. The maximum absolute atomic E-state index is 5.57. The summed E-state index contributed by atoms with van der Waals surface area (Å²) in [7, 11) is 4.08. The van der Waals surface area contributed by atoms with Gasteiger partial charge in [-0.3, -0.25) is 11.3 Å². The van der Waals surface area contributed by atoms with E-state index in [0.717, 1.165) is 0 Å². The molecule has 0 aliphatic rings. The predicted octanol–water partition coefficient (Wildman–Crippen LogP) is 1.91. The van der Waals surface area contributed by atoms with Crippen molar-refractivity contribution < 1.29 is 0 Å². The molecule has 1 rings (SSSR count). The van der Waals surface area contributed by atoms with Gasteiger partial charge in [0, 0.05) is 25.8 Å². The lowest BCUT2D eigenvalue weighted by Crippen LogP contribution is -2.31. The van der Waals surface area contributed by atoms with Gasteiger partial charge < -0.3 is 4.90 Å². The molecule has 84 valence electrons. The second-order valence-corrected chi connectivity index (χ2v) is 4.38. The van der Waals surface area contributed by atoms with E-state index in [1.807, 2.05) is 14.1 Å². The summed E-state index contributed by atoms with van der Waals surface area (Å²) in [5.74, 6) is 6.05. The lowest BCUT2D eigenvalue weighted by atomic mass is 9.96. The molecule has 0 bridgehead atoms. The predicted molar refractivity (Wildman–Crippen MR) is 65.7 cm³/mol. The molecule has 1 aromatic carbocycles. The molecule has 3 nitrogen and oxygen atoms in total. The quantitative estimate of drug-likeness (QED) is 0.585. The molecule has 1 unspecified atom stereocenters. The standard InChI is InChI=1S/C12H21N3/c1-9(2)12(14-13)10-6-5-7-11(8-10)15(3)4/h5-9,12,14H,13H2,1-4H3. The minimum absolute atomic E-state index is 0.213. The van der Waals surface area contributed by atoms with Crippen molar-refractivity contribution in [3.8, 4) is 0 Å². The summed E-state index contributed by atoms with van der Waals surface area (Å²) in [5.41, 5.74) is 5.30. The van der Waals surface area contributed by atoms with Gasteiger partial charge in [0.25, 0.3) is 0 Å². The minimum Gasteiger partial charge on any atom is -0.378 e. The molecule has 0 aliphatic carbocycles. The van der Waals surface area contributed by atoms with Crippen molar-refractivity contribution >= 4 is 5.69 Å². The van der Waals surface area contributed by atoms with Crippen molar-refractivity contribution in [2.24, 2.45) is 11.8 Å². The minimum atomic E-state index is 0.213. The highest BCUT2D eigenvalue weighted by molar-refractivity contribution is 5.47. The van der Waals surface area contributed by atoms with Crippen LogP contribution in [-0.2, 0) is 0 Å². The van der Waals surface area contributed by atoms with Crippen LogP contribution >= 0.6 is 0 Å². The molecule has 1 atom stereocenters. The molecule has 0 saturated heterocycles. The first-order valence-corrected chi connectivity index (χ1v) is 5.29. The third-order valence-electron chi connectivity index (χ3n) is 2.59. The van der Waals surface area contributed by atoms with E-state index in [1.165, 1.54) is 11.3 Å². The van der Waals surface area contributed by atoms with Gasteiger partial charge in [-0.1, -0.05) is 26.0 Å².